The van der Waals surface area contributed by atoms with Gasteiger partial charge in [-0.1, -0.05) is 19.0 Å². The summed E-state index contributed by atoms with van der Waals surface area (Å²) >= 11 is 0. The van der Waals surface area contributed by atoms with Gasteiger partial charge in [-0.05, 0) is 19.8 Å². The topological polar surface area (TPSA) is 162 Å². The van der Waals surface area contributed by atoms with E-state index in [9.17, 15) is 23.1 Å². The van der Waals surface area contributed by atoms with Crippen molar-refractivity contribution in [1.82, 2.24) is 24.4 Å². The molecule has 3 heterocycles. The lowest BCUT2D eigenvalue weighted by Crippen LogP contribution is -2.52. The molecule has 0 aliphatic carbocycles. The van der Waals surface area contributed by atoms with E-state index in [0.29, 0.717) is 18.7 Å². The summed E-state index contributed by atoms with van der Waals surface area (Å²) in [6.07, 6.45) is 0.736. The highest BCUT2D eigenvalue weighted by Crippen LogP contribution is 2.28. The Morgan fingerprint density at radius 2 is 2.04 bits per heavy atom. The molecule has 1 atom stereocenters. The van der Waals surface area contributed by atoms with Crippen molar-refractivity contribution in [2.75, 3.05) is 13.1 Å². The first-order chi connectivity index (χ1) is 13.0. The maximum absolute atomic E-state index is 13.0. The molecule has 1 saturated heterocycles. The summed E-state index contributed by atoms with van der Waals surface area (Å²) in [4.78, 5) is 31.3. The molecule has 1 aliphatic rings. The molecule has 12 heteroatoms. The third-order valence-electron chi connectivity index (χ3n) is 4.67. The second-order valence-corrected chi connectivity index (χ2v) is 9.28. The molecule has 0 saturated carbocycles. The van der Waals surface area contributed by atoms with Crippen molar-refractivity contribution in [1.29, 1.82) is 0 Å². The molecule has 1 aliphatic heterocycles. The lowest BCUT2D eigenvalue weighted by Gasteiger charge is -2.37. The van der Waals surface area contributed by atoms with Crippen LogP contribution in [0, 0.1) is 6.92 Å². The van der Waals surface area contributed by atoms with Crippen molar-refractivity contribution in [3.8, 4) is 0 Å². The van der Waals surface area contributed by atoms with Crippen molar-refractivity contribution < 1.29 is 18.0 Å². The number of hydrogen-bond donors (Lipinski definition) is 3. The SMILES string of the molecule is Cc1[nH]c(=O)[nH]c(=O)c1S(=O)(=O)N1CCCC(O)(Cc2nc(C(C)C)no2)C1. The van der Waals surface area contributed by atoms with Crippen LogP contribution in [0.15, 0.2) is 19.0 Å². The summed E-state index contributed by atoms with van der Waals surface area (Å²) < 4.78 is 32.2. The van der Waals surface area contributed by atoms with Crippen LogP contribution < -0.4 is 11.2 Å². The van der Waals surface area contributed by atoms with Crippen LogP contribution in [0.5, 0.6) is 0 Å². The molecular formula is C16H23N5O6S. The Bertz CT molecular complexity index is 1090. The molecule has 3 N–H and O–H groups in total. The summed E-state index contributed by atoms with van der Waals surface area (Å²) in [5, 5.41) is 14.8. The van der Waals surface area contributed by atoms with E-state index in [1.807, 2.05) is 18.8 Å². The number of H-pyrrole nitrogens is 2. The molecule has 2 aromatic rings. The fraction of sp³-hybridized carbons (Fsp3) is 0.625. The van der Waals surface area contributed by atoms with Crippen LogP contribution in [-0.4, -0.2) is 56.6 Å². The molecule has 28 heavy (non-hydrogen) atoms. The van der Waals surface area contributed by atoms with Crippen molar-refractivity contribution in [2.45, 2.75) is 56.4 Å². The number of hydrogen-bond acceptors (Lipinski definition) is 8. The summed E-state index contributed by atoms with van der Waals surface area (Å²) in [5.41, 5.74) is -3.24. The maximum Gasteiger partial charge on any atom is 0.325 e. The monoisotopic (exact) mass is 413 g/mol. The van der Waals surface area contributed by atoms with Gasteiger partial charge in [0.1, 0.15) is 0 Å². The highest BCUT2D eigenvalue weighted by molar-refractivity contribution is 7.89. The molecule has 3 rings (SSSR count). The first-order valence-corrected chi connectivity index (χ1v) is 10.3. The van der Waals surface area contributed by atoms with Gasteiger partial charge < -0.3 is 14.6 Å². The van der Waals surface area contributed by atoms with Gasteiger partial charge in [0, 0.05) is 24.7 Å². The Morgan fingerprint density at radius 1 is 1.32 bits per heavy atom. The fourth-order valence-electron chi connectivity index (χ4n) is 3.30. The molecule has 0 amide bonds. The number of sulfonamides is 1. The number of piperidine rings is 1. The molecule has 2 aromatic heterocycles. The smallest absolute Gasteiger partial charge is 0.325 e. The Morgan fingerprint density at radius 3 is 2.64 bits per heavy atom. The number of nitrogens with zero attached hydrogens (tertiary/aromatic N) is 3. The number of rotatable bonds is 5. The van der Waals surface area contributed by atoms with E-state index < -0.39 is 31.8 Å². The van der Waals surface area contributed by atoms with E-state index in [1.54, 1.807) is 0 Å². The zero-order valence-electron chi connectivity index (χ0n) is 15.9. The maximum atomic E-state index is 13.0. The van der Waals surface area contributed by atoms with E-state index in [4.69, 9.17) is 4.52 Å². The fourth-order valence-corrected chi connectivity index (χ4v) is 5.07. The summed E-state index contributed by atoms with van der Waals surface area (Å²) in [6, 6.07) is 0. The highest BCUT2D eigenvalue weighted by atomic mass is 32.2. The molecule has 1 fully saturated rings. The van der Waals surface area contributed by atoms with Gasteiger partial charge in [0.05, 0.1) is 12.0 Å². The normalized spacial score (nSPS) is 21.3. The Hall–Kier alpha value is -2.31. The van der Waals surface area contributed by atoms with E-state index in [1.165, 1.54) is 6.92 Å². The van der Waals surface area contributed by atoms with Gasteiger partial charge >= 0.3 is 5.69 Å². The van der Waals surface area contributed by atoms with Crippen LogP contribution in [0.25, 0.3) is 0 Å². The lowest BCUT2D eigenvalue weighted by atomic mass is 9.91. The largest absolute Gasteiger partial charge is 0.388 e. The number of nitrogens with one attached hydrogen (secondary N) is 2. The van der Waals surface area contributed by atoms with E-state index in [0.717, 1.165) is 4.31 Å². The van der Waals surface area contributed by atoms with Crippen molar-refractivity contribution in [3.63, 3.8) is 0 Å². The van der Waals surface area contributed by atoms with Crippen LogP contribution in [0.2, 0.25) is 0 Å². The molecule has 0 spiro atoms. The Kier molecular flexibility index (Phi) is 5.30. The third-order valence-corrected chi connectivity index (χ3v) is 6.67. The Balaban J connectivity index is 1.87. The average molecular weight is 413 g/mol. The van der Waals surface area contributed by atoms with Gasteiger partial charge in [0.25, 0.3) is 5.56 Å². The predicted molar refractivity (Wildman–Crippen MR) is 97.5 cm³/mol. The average Bonchev–Trinajstić information content (AvgIpc) is 3.01. The number of aryl methyl sites for hydroxylation is 1. The summed E-state index contributed by atoms with van der Waals surface area (Å²) in [7, 11) is -4.22. The van der Waals surface area contributed by atoms with E-state index in [2.05, 4.69) is 15.1 Å². The molecule has 1 unspecified atom stereocenters. The minimum atomic E-state index is -4.22. The summed E-state index contributed by atoms with van der Waals surface area (Å²) in [6.45, 7) is 5.06. The van der Waals surface area contributed by atoms with Crippen LogP contribution in [0.3, 0.4) is 0 Å². The second kappa shape index (κ2) is 7.26. The van der Waals surface area contributed by atoms with Gasteiger partial charge in [0.2, 0.25) is 15.9 Å². The molecule has 0 bridgehead atoms. The first-order valence-electron chi connectivity index (χ1n) is 8.90. The molecule has 0 aromatic carbocycles. The molecular weight excluding hydrogens is 390 g/mol. The van der Waals surface area contributed by atoms with Crippen LogP contribution in [-0.2, 0) is 16.4 Å². The third kappa shape index (κ3) is 3.93. The van der Waals surface area contributed by atoms with E-state index in [-0.39, 0.29) is 37.0 Å². The zero-order chi connectivity index (χ0) is 20.7. The van der Waals surface area contributed by atoms with Gasteiger partial charge in [0.15, 0.2) is 10.7 Å². The molecule has 11 nitrogen and oxygen atoms in total. The van der Waals surface area contributed by atoms with Crippen LogP contribution in [0.4, 0.5) is 0 Å². The zero-order valence-corrected chi connectivity index (χ0v) is 16.7. The lowest BCUT2D eigenvalue weighted by molar-refractivity contribution is -0.0129. The quantitative estimate of drug-likeness (QED) is 0.598. The van der Waals surface area contributed by atoms with Crippen LogP contribution >= 0.6 is 0 Å². The molecule has 0 radical (unpaired) electrons. The van der Waals surface area contributed by atoms with Gasteiger partial charge in [-0.3, -0.25) is 9.78 Å². The second-order valence-electron chi connectivity index (χ2n) is 7.41. The molecule has 154 valence electrons. The first kappa shape index (κ1) is 20.4. The minimum absolute atomic E-state index is 0.000296. The van der Waals surface area contributed by atoms with E-state index >= 15 is 0 Å². The summed E-state index contributed by atoms with van der Waals surface area (Å²) in [5.74, 6) is 0.795. The number of aromatic nitrogens is 4. The minimum Gasteiger partial charge on any atom is -0.388 e. The van der Waals surface area contributed by atoms with Gasteiger partial charge in [-0.25, -0.2) is 13.2 Å². The van der Waals surface area contributed by atoms with Gasteiger partial charge in [-0.15, -0.1) is 0 Å². The van der Waals surface area contributed by atoms with Crippen molar-refractivity contribution in [2.24, 2.45) is 0 Å². The predicted octanol–water partition coefficient (Wildman–Crippen LogP) is -0.364. The van der Waals surface area contributed by atoms with Crippen LogP contribution in [0.1, 0.15) is 50.0 Å². The highest BCUT2D eigenvalue weighted by Gasteiger charge is 2.41. The van der Waals surface area contributed by atoms with Gasteiger partial charge in [-0.2, -0.15) is 9.29 Å². The van der Waals surface area contributed by atoms with Crippen molar-refractivity contribution in [3.05, 3.63) is 38.2 Å². The number of β-amino-alcohol motifs (C(OH)–C–C–N with tert-alkyl or cyclic N) is 1. The van der Waals surface area contributed by atoms with Crippen molar-refractivity contribution >= 4 is 10.0 Å². The number of aromatic amines is 2. The standard InChI is InChI=1S/C16H23N5O6S/c1-9(2)13-18-11(27-20-13)7-16(24)5-4-6-21(8-16)28(25,26)12-10(3)17-15(23)19-14(12)22/h9,24H,4-8H2,1-3H3,(H2,17,19,22,23). The number of aliphatic hydroxyl groups is 1. The Labute approximate surface area is 160 Å².